The molecule has 86 valence electrons. The molecule has 0 radical (unpaired) electrons. The molecule has 1 aliphatic rings. The molecule has 0 aliphatic carbocycles. The third-order valence-electron chi connectivity index (χ3n) is 3.19. The van der Waals surface area contributed by atoms with Crippen molar-refractivity contribution in [3.05, 3.63) is 25.3 Å². The van der Waals surface area contributed by atoms with E-state index < -0.39 is 0 Å². The summed E-state index contributed by atoms with van der Waals surface area (Å²) in [6.07, 6.45) is 6.51. The number of hydrogen-bond acceptors (Lipinski definition) is 2. The molecule has 1 N–H and O–H groups in total. The second-order valence-electron chi connectivity index (χ2n) is 4.83. The van der Waals surface area contributed by atoms with Gasteiger partial charge in [-0.3, -0.25) is 4.90 Å². The minimum absolute atomic E-state index is 0.470. The van der Waals surface area contributed by atoms with Gasteiger partial charge in [0.1, 0.15) is 0 Å². The molecule has 1 rings (SSSR count). The van der Waals surface area contributed by atoms with Gasteiger partial charge in [-0.15, -0.1) is 13.2 Å². The van der Waals surface area contributed by atoms with E-state index >= 15 is 0 Å². The summed E-state index contributed by atoms with van der Waals surface area (Å²) in [5.41, 5.74) is 0.470. The fourth-order valence-corrected chi connectivity index (χ4v) is 2.30. The molecule has 0 aromatic heterocycles. The van der Waals surface area contributed by atoms with E-state index in [2.05, 4.69) is 30.3 Å². The Balaban J connectivity index is 2.46. The second-order valence-corrected chi connectivity index (χ2v) is 4.83. The minimum Gasteiger partial charge on any atom is -0.317 e. The molecular weight excluding hydrogens is 184 g/mol. The van der Waals surface area contributed by atoms with Crippen LogP contribution in [0.4, 0.5) is 0 Å². The predicted octanol–water partition coefficient (Wildman–Crippen LogP) is 2.05. The van der Waals surface area contributed by atoms with E-state index in [1.165, 1.54) is 12.8 Å². The lowest BCUT2D eigenvalue weighted by molar-refractivity contribution is 0.146. The summed E-state index contributed by atoms with van der Waals surface area (Å²) in [5.74, 6) is 0. The van der Waals surface area contributed by atoms with Gasteiger partial charge >= 0.3 is 0 Å². The average Bonchev–Trinajstić information content (AvgIpc) is 2.19. The average molecular weight is 208 g/mol. The largest absolute Gasteiger partial charge is 0.317 e. The number of piperidine rings is 1. The Kier molecular flexibility index (Phi) is 5.06. The standard InChI is InChI=1S/C13H24N2/c1-4-10-15(11-5-2)12-13(3)6-8-14-9-7-13/h4-5,14H,1-2,6-12H2,3H3. The molecular formula is C13H24N2. The van der Waals surface area contributed by atoms with Gasteiger partial charge < -0.3 is 5.32 Å². The van der Waals surface area contributed by atoms with Crippen LogP contribution in [0.5, 0.6) is 0 Å². The lowest BCUT2D eigenvalue weighted by Gasteiger charge is -2.38. The van der Waals surface area contributed by atoms with E-state index in [4.69, 9.17) is 0 Å². The van der Waals surface area contributed by atoms with E-state index in [0.29, 0.717) is 5.41 Å². The highest BCUT2D eigenvalue weighted by Crippen LogP contribution is 2.28. The van der Waals surface area contributed by atoms with Gasteiger partial charge in [-0.1, -0.05) is 19.1 Å². The normalized spacial score (nSPS) is 20.1. The van der Waals surface area contributed by atoms with Crippen molar-refractivity contribution in [1.82, 2.24) is 10.2 Å². The van der Waals surface area contributed by atoms with Gasteiger partial charge in [-0.25, -0.2) is 0 Å². The van der Waals surface area contributed by atoms with E-state index in [1.54, 1.807) is 0 Å². The summed E-state index contributed by atoms with van der Waals surface area (Å²) in [6.45, 7) is 15.4. The van der Waals surface area contributed by atoms with Crippen molar-refractivity contribution in [2.24, 2.45) is 5.41 Å². The number of rotatable bonds is 6. The molecule has 2 heteroatoms. The van der Waals surface area contributed by atoms with Crippen LogP contribution in [0.2, 0.25) is 0 Å². The summed E-state index contributed by atoms with van der Waals surface area (Å²) >= 11 is 0. The van der Waals surface area contributed by atoms with Crippen LogP contribution in [0, 0.1) is 5.41 Å². The number of hydrogen-bond donors (Lipinski definition) is 1. The summed E-state index contributed by atoms with van der Waals surface area (Å²) in [7, 11) is 0. The molecule has 0 spiro atoms. The topological polar surface area (TPSA) is 15.3 Å². The van der Waals surface area contributed by atoms with Crippen molar-refractivity contribution in [2.75, 3.05) is 32.7 Å². The molecule has 1 fully saturated rings. The Hall–Kier alpha value is -0.600. The van der Waals surface area contributed by atoms with Gasteiger partial charge in [0.15, 0.2) is 0 Å². The van der Waals surface area contributed by atoms with E-state index in [-0.39, 0.29) is 0 Å². The summed E-state index contributed by atoms with van der Waals surface area (Å²) < 4.78 is 0. The first kappa shape index (κ1) is 12.5. The smallest absolute Gasteiger partial charge is 0.0164 e. The quantitative estimate of drug-likeness (QED) is 0.672. The molecule has 0 amide bonds. The van der Waals surface area contributed by atoms with Gasteiger partial charge in [-0.05, 0) is 31.3 Å². The zero-order valence-corrected chi connectivity index (χ0v) is 9.97. The Bertz CT molecular complexity index is 195. The van der Waals surface area contributed by atoms with Gasteiger partial charge in [0, 0.05) is 19.6 Å². The van der Waals surface area contributed by atoms with Crippen LogP contribution < -0.4 is 5.32 Å². The second kappa shape index (κ2) is 6.09. The third kappa shape index (κ3) is 4.18. The minimum atomic E-state index is 0.470. The fourth-order valence-electron chi connectivity index (χ4n) is 2.30. The monoisotopic (exact) mass is 208 g/mol. The van der Waals surface area contributed by atoms with Crippen LogP contribution in [0.25, 0.3) is 0 Å². The van der Waals surface area contributed by atoms with Gasteiger partial charge in [0.2, 0.25) is 0 Å². The third-order valence-corrected chi connectivity index (χ3v) is 3.19. The molecule has 0 bridgehead atoms. The van der Waals surface area contributed by atoms with Gasteiger partial charge in [-0.2, -0.15) is 0 Å². The molecule has 2 nitrogen and oxygen atoms in total. The Morgan fingerprint density at radius 2 is 1.73 bits per heavy atom. The molecule has 15 heavy (non-hydrogen) atoms. The van der Waals surface area contributed by atoms with Crippen molar-refractivity contribution in [1.29, 1.82) is 0 Å². The number of nitrogens with zero attached hydrogens (tertiary/aromatic N) is 1. The van der Waals surface area contributed by atoms with Crippen molar-refractivity contribution in [3.8, 4) is 0 Å². The maximum atomic E-state index is 3.81. The van der Waals surface area contributed by atoms with Crippen molar-refractivity contribution in [2.45, 2.75) is 19.8 Å². The van der Waals surface area contributed by atoms with Crippen molar-refractivity contribution in [3.63, 3.8) is 0 Å². The molecule has 0 aromatic carbocycles. The van der Waals surface area contributed by atoms with Crippen molar-refractivity contribution < 1.29 is 0 Å². The summed E-state index contributed by atoms with van der Waals surface area (Å²) in [4.78, 5) is 2.42. The molecule has 1 saturated heterocycles. The molecule has 0 atom stereocenters. The fraction of sp³-hybridized carbons (Fsp3) is 0.692. The van der Waals surface area contributed by atoms with Crippen LogP contribution in [0.1, 0.15) is 19.8 Å². The summed E-state index contributed by atoms with van der Waals surface area (Å²) in [6, 6.07) is 0. The highest BCUT2D eigenvalue weighted by atomic mass is 15.1. The molecule has 1 aliphatic heterocycles. The Morgan fingerprint density at radius 3 is 2.20 bits per heavy atom. The SMILES string of the molecule is C=CCN(CC=C)CC1(C)CCNCC1. The first-order valence-corrected chi connectivity index (χ1v) is 5.85. The van der Waals surface area contributed by atoms with Crippen molar-refractivity contribution >= 4 is 0 Å². The van der Waals surface area contributed by atoms with Crippen LogP contribution in [-0.4, -0.2) is 37.6 Å². The maximum absolute atomic E-state index is 3.81. The Labute approximate surface area is 94.0 Å². The van der Waals surface area contributed by atoms with Crippen LogP contribution >= 0.6 is 0 Å². The summed E-state index contributed by atoms with van der Waals surface area (Å²) in [5, 5.41) is 3.42. The maximum Gasteiger partial charge on any atom is 0.0164 e. The Morgan fingerprint density at radius 1 is 1.20 bits per heavy atom. The van der Waals surface area contributed by atoms with Crippen LogP contribution in [0.15, 0.2) is 25.3 Å². The lowest BCUT2D eigenvalue weighted by atomic mass is 9.80. The van der Waals surface area contributed by atoms with Gasteiger partial charge in [0.25, 0.3) is 0 Å². The molecule has 1 heterocycles. The van der Waals surface area contributed by atoms with E-state index in [0.717, 1.165) is 32.7 Å². The lowest BCUT2D eigenvalue weighted by Crippen LogP contribution is -2.43. The first-order chi connectivity index (χ1) is 7.20. The molecule has 0 saturated carbocycles. The predicted molar refractivity (Wildman–Crippen MR) is 67.0 cm³/mol. The highest BCUT2D eigenvalue weighted by Gasteiger charge is 2.28. The highest BCUT2D eigenvalue weighted by molar-refractivity contribution is 4.88. The van der Waals surface area contributed by atoms with Crippen LogP contribution in [0.3, 0.4) is 0 Å². The van der Waals surface area contributed by atoms with E-state index in [9.17, 15) is 0 Å². The molecule has 0 aromatic rings. The number of nitrogens with one attached hydrogen (secondary N) is 1. The van der Waals surface area contributed by atoms with Crippen LogP contribution in [-0.2, 0) is 0 Å². The zero-order chi connectivity index (χ0) is 11.1. The molecule has 0 unspecified atom stereocenters. The van der Waals surface area contributed by atoms with Gasteiger partial charge in [0.05, 0.1) is 0 Å². The zero-order valence-electron chi connectivity index (χ0n) is 9.97. The first-order valence-electron chi connectivity index (χ1n) is 5.85. The van der Waals surface area contributed by atoms with E-state index in [1.807, 2.05) is 12.2 Å².